The average molecular weight is 213 g/mol. The Morgan fingerprint density at radius 2 is 1.71 bits per heavy atom. The Labute approximate surface area is 92.4 Å². The molecule has 0 spiro atoms. The lowest BCUT2D eigenvalue weighted by molar-refractivity contribution is 0.337. The lowest BCUT2D eigenvalue weighted by Gasteiger charge is -2.26. The third-order valence-corrected chi connectivity index (χ3v) is 4.89. The Hall–Kier alpha value is 0.310. The highest BCUT2D eigenvalue weighted by molar-refractivity contribution is 7.99. The van der Waals surface area contributed by atoms with E-state index < -0.39 is 0 Å². The van der Waals surface area contributed by atoms with Crippen molar-refractivity contribution in [2.24, 2.45) is 0 Å². The summed E-state index contributed by atoms with van der Waals surface area (Å²) in [6, 6.07) is 1.70. The maximum Gasteiger partial charge on any atom is 0.00805 e. The van der Waals surface area contributed by atoms with Gasteiger partial charge in [0.05, 0.1) is 0 Å². The second-order valence-electron chi connectivity index (χ2n) is 4.87. The number of nitrogens with one attached hydrogen (secondary N) is 1. The second kappa shape index (κ2) is 5.41. The molecule has 0 aliphatic heterocycles. The van der Waals surface area contributed by atoms with Gasteiger partial charge >= 0.3 is 0 Å². The highest BCUT2D eigenvalue weighted by atomic mass is 32.2. The molecule has 14 heavy (non-hydrogen) atoms. The fraction of sp³-hybridized carbons (Fsp3) is 1.00. The van der Waals surface area contributed by atoms with E-state index in [0.717, 1.165) is 17.3 Å². The zero-order chi connectivity index (χ0) is 9.80. The van der Waals surface area contributed by atoms with Crippen molar-refractivity contribution in [3.63, 3.8) is 0 Å². The van der Waals surface area contributed by atoms with Crippen LogP contribution in [0.5, 0.6) is 0 Å². The van der Waals surface area contributed by atoms with E-state index in [9.17, 15) is 0 Å². The van der Waals surface area contributed by atoms with Gasteiger partial charge in [0.1, 0.15) is 0 Å². The summed E-state index contributed by atoms with van der Waals surface area (Å²) in [7, 11) is 0. The van der Waals surface area contributed by atoms with E-state index in [2.05, 4.69) is 23.3 Å². The van der Waals surface area contributed by atoms with Crippen molar-refractivity contribution in [3.8, 4) is 0 Å². The van der Waals surface area contributed by atoms with Gasteiger partial charge < -0.3 is 5.32 Å². The summed E-state index contributed by atoms with van der Waals surface area (Å²) in [6.45, 7) is 0. The normalized spacial score (nSPS) is 34.9. The SMILES string of the molecule is CSC1CCC(NC2CCCCC2)C1. The van der Waals surface area contributed by atoms with Crippen LogP contribution >= 0.6 is 11.8 Å². The summed E-state index contributed by atoms with van der Waals surface area (Å²) >= 11 is 2.06. The van der Waals surface area contributed by atoms with Crippen molar-refractivity contribution in [3.05, 3.63) is 0 Å². The highest BCUT2D eigenvalue weighted by Crippen LogP contribution is 2.29. The molecule has 2 fully saturated rings. The predicted octanol–water partition coefficient (Wildman–Crippen LogP) is 3.19. The molecule has 2 atom stereocenters. The number of thioether (sulfide) groups is 1. The first-order valence-electron chi connectivity index (χ1n) is 6.17. The van der Waals surface area contributed by atoms with Gasteiger partial charge in [-0.15, -0.1) is 0 Å². The molecule has 0 bridgehead atoms. The van der Waals surface area contributed by atoms with Crippen molar-refractivity contribution in [1.29, 1.82) is 0 Å². The van der Waals surface area contributed by atoms with E-state index in [-0.39, 0.29) is 0 Å². The fourth-order valence-corrected chi connectivity index (χ4v) is 3.70. The standard InChI is InChI=1S/C12H23NS/c1-14-12-8-7-11(9-12)13-10-5-3-2-4-6-10/h10-13H,2-9H2,1H3. The number of hydrogen-bond donors (Lipinski definition) is 1. The molecule has 0 aromatic heterocycles. The van der Waals surface area contributed by atoms with E-state index >= 15 is 0 Å². The first kappa shape index (κ1) is 10.8. The van der Waals surface area contributed by atoms with Crippen LogP contribution in [-0.4, -0.2) is 23.6 Å². The Morgan fingerprint density at radius 3 is 2.36 bits per heavy atom. The zero-order valence-corrected chi connectivity index (χ0v) is 10.1. The van der Waals surface area contributed by atoms with Crippen LogP contribution in [0.1, 0.15) is 51.4 Å². The van der Waals surface area contributed by atoms with E-state index in [4.69, 9.17) is 0 Å². The monoisotopic (exact) mass is 213 g/mol. The third-order valence-electron chi connectivity index (χ3n) is 3.79. The van der Waals surface area contributed by atoms with Gasteiger partial charge in [-0.1, -0.05) is 19.3 Å². The Kier molecular flexibility index (Phi) is 4.18. The maximum absolute atomic E-state index is 3.87. The zero-order valence-electron chi connectivity index (χ0n) is 9.30. The Bertz CT molecular complexity index is 166. The molecule has 2 aliphatic carbocycles. The van der Waals surface area contributed by atoms with Gasteiger partial charge in [0, 0.05) is 17.3 Å². The van der Waals surface area contributed by atoms with E-state index in [1.165, 1.54) is 51.4 Å². The molecule has 2 heteroatoms. The van der Waals surface area contributed by atoms with E-state index in [1.54, 1.807) is 0 Å². The van der Waals surface area contributed by atoms with Gasteiger partial charge in [-0.2, -0.15) is 11.8 Å². The van der Waals surface area contributed by atoms with Crippen molar-refractivity contribution < 1.29 is 0 Å². The van der Waals surface area contributed by atoms with Crippen molar-refractivity contribution in [1.82, 2.24) is 5.32 Å². The number of hydrogen-bond acceptors (Lipinski definition) is 2. The molecule has 0 heterocycles. The van der Waals surface area contributed by atoms with Gasteiger partial charge in [-0.3, -0.25) is 0 Å². The molecule has 2 saturated carbocycles. The van der Waals surface area contributed by atoms with E-state index in [0.29, 0.717) is 0 Å². The quantitative estimate of drug-likeness (QED) is 0.772. The molecular formula is C12H23NS. The summed E-state index contributed by atoms with van der Waals surface area (Å²) in [5.74, 6) is 0. The smallest absolute Gasteiger partial charge is 0.00805 e. The molecular weight excluding hydrogens is 190 g/mol. The summed E-state index contributed by atoms with van der Waals surface area (Å²) in [5, 5.41) is 4.81. The first-order valence-corrected chi connectivity index (χ1v) is 7.46. The molecule has 2 rings (SSSR count). The first-order chi connectivity index (χ1) is 6.88. The largest absolute Gasteiger partial charge is 0.311 e. The molecule has 0 radical (unpaired) electrons. The molecule has 0 aromatic carbocycles. The van der Waals surface area contributed by atoms with Crippen LogP contribution in [0.4, 0.5) is 0 Å². The van der Waals surface area contributed by atoms with Gasteiger partial charge in [0.25, 0.3) is 0 Å². The minimum absolute atomic E-state index is 0.843. The van der Waals surface area contributed by atoms with Crippen LogP contribution in [0.25, 0.3) is 0 Å². The molecule has 82 valence electrons. The van der Waals surface area contributed by atoms with Gasteiger partial charge in [-0.05, 0) is 38.4 Å². The minimum atomic E-state index is 0.843. The fourth-order valence-electron chi connectivity index (χ4n) is 2.91. The lowest BCUT2D eigenvalue weighted by atomic mass is 9.95. The average Bonchev–Trinajstić information content (AvgIpc) is 2.67. The summed E-state index contributed by atoms with van der Waals surface area (Å²) in [5.41, 5.74) is 0. The van der Waals surface area contributed by atoms with Crippen molar-refractivity contribution >= 4 is 11.8 Å². The van der Waals surface area contributed by atoms with Crippen LogP contribution in [0.15, 0.2) is 0 Å². The predicted molar refractivity (Wildman–Crippen MR) is 65.0 cm³/mol. The minimum Gasteiger partial charge on any atom is -0.311 e. The molecule has 1 nitrogen and oxygen atoms in total. The van der Waals surface area contributed by atoms with Crippen LogP contribution in [0, 0.1) is 0 Å². The third kappa shape index (κ3) is 2.90. The summed E-state index contributed by atoms with van der Waals surface area (Å²) < 4.78 is 0. The second-order valence-corrected chi connectivity index (χ2v) is 6.01. The lowest BCUT2D eigenvalue weighted by Crippen LogP contribution is -2.38. The van der Waals surface area contributed by atoms with Crippen LogP contribution in [0.2, 0.25) is 0 Å². The van der Waals surface area contributed by atoms with Crippen molar-refractivity contribution in [2.75, 3.05) is 6.26 Å². The van der Waals surface area contributed by atoms with Gasteiger partial charge in [0.2, 0.25) is 0 Å². The van der Waals surface area contributed by atoms with Crippen molar-refractivity contribution in [2.45, 2.75) is 68.7 Å². The highest BCUT2D eigenvalue weighted by Gasteiger charge is 2.26. The topological polar surface area (TPSA) is 12.0 Å². The molecule has 2 aliphatic rings. The molecule has 0 saturated heterocycles. The van der Waals surface area contributed by atoms with E-state index in [1.807, 2.05) is 0 Å². The van der Waals surface area contributed by atoms with Crippen LogP contribution in [0.3, 0.4) is 0 Å². The van der Waals surface area contributed by atoms with Crippen LogP contribution in [-0.2, 0) is 0 Å². The molecule has 0 aromatic rings. The Balaban J connectivity index is 1.69. The maximum atomic E-state index is 3.87. The molecule has 0 amide bonds. The van der Waals surface area contributed by atoms with Gasteiger partial charge in [-0.25, -0.2) is 0 Å². The molecule has 1 N–H and O–H groups in total. The molecule has 2 unspecified atom stereocenters. The summed E-state index contributed by atoms with van der Waals surface area (Å²) in [4.78, 5) is 0. The van der Waals surface area contributed by atoms with Crippen LogP contribution < -0.4 is 5.32 Å². The van der Waals surface area contributed by atoms with Gasteiger partial charge in [0.15, 0.2) is 0 Å². The summed E-state index contributed by atoms with van der Waals surface area (Å²) in [6.07, 6.45) is 13.8. The Morgan fingerprint density at radius 1 is 0.929 bits per heavy atom. The number of rotatable bonds is 3.